The minimum Gasteiger partial charge on any atom is -0.844 e. The van der Waals surface area contributed by atoms with Gasteiger partial charge in [0.2, 0.25) is 0 Å². The number of hydrogen-bond acceptors (Lipinski definition) is 3. The maximum Gasteiger partial charge on any atom is 1.00 e. The molecule has 0 saturated carbocycles. The molecule has 0 aliphatic heterocycles. The molecule has 0 fully saturated rings. The van der Waals surface area contributed by atoms with Crippen molar-refractivity contribution < 1.29 is 66.0 Å². The molecule has 1 unspecified atom stereocenters. The van der Waals surface area contributed by atoms with Crippen molar-refractivity contribution in [3.8, 4) is 0 Å². The van der Waals surface area contributed by atoms with Gasteiger partial charge in [-0.1, -0.05) is 6.92 Å². The molecule has 0 aromatic carbocycles. The molecule has 0 radical (unpaired) electrons. The van der Waals surface area contributed by atoms with Crippen molar-refractivity contribution in [3.05, 3.63) is 0 Å². The molecule has 0 spiro atoms. The van der Waals surface area contributed by atoms with Crippen molar-refractivity contribution in [2.45, 2.75) is 20.0 Å². The maximum absolute atomic E-state index is 10.2. The Morgan fingerprint density at radius 1 is 1.78 bits per heavy atom. The molecule has 0 saturated heterocycles. The van der Waals surface area contributed by atoms with Crippen LogP contribution in [0.1, 0.15) is 13.8 Å². The van der Waals surface area contributed by atoms with Gasteiger partial charge in [0.15, 0.2) is 0 Å². The van der Waals surface area contributed by atoms with E-state index in [2.05, 4.69) is 4.74 Å². The Labute approximate surface area is 97.2 Å². The Balaban J connectivity index is 0. The smallest absolute Gasteiger partial charge is 0.844 e. The summed E-state index contributed by atoms with van der Waals surface area (Å²) in [5, 5.41) is 10.1. The SMILES string of the molecule is CCOC(=O)C(C)[O-].[K+]. The molecule has 1 atom stereocenters. The van der Waals surface area contributed by atoms with Gasteiger partial charge in [0.1, 0.15) is 0 Å². The molecule has 0 amide bonds. The van der Waals surface area contributed by atoms with Crippen LogP contribution in [0, 0.1) is 0 Å². The van der Waals surface area contributed by atoms with Crippen LogP contribution in [0.4, 0.5) is 0 Å². The first kappa shape index (κ1) is 12.7. The summed E-state index contributed by atoms with van der Waals surface area (Å²) < 4.78 is 4.35. The molecule has 0 bridgehead atoms. The largest absolute Gasteiger partial charge is 1.00 e. The van der Waals surface area contributed by atoms with E-state index in [-0.39, 0.29) is 58.0 Å². The molecule has 9 heavy (non-hydrogen) atoms. The van der Waals surface area contributed by atoms with E-state index in [4.69, 9.17) is 0 Å². The molecule has 0 aromatic heterocycles. The summed E-state index contributed by atoms with van der Waals surface area (Å²) >= 11 is 0. The van der Waals surface area contributed by atoms with E-state index in [1.54, 1.807) is 6.92 Å². The quantitative estimate of drug-likeness (QED) is 0.305. The maximum atomic E-state index is 10.2. The molecular formula is C5H9KO3. The Bertz CT molecular complexity index is 82.3. The second kappa shape index (κ2) is 7.18. The molecule has 0 rings (SSSR count). The van der Waals surface area contributed by atoms with E-state index in [0.29, 0.717) is 0 Å². The van der Waals surface area contributed by atoms with E-state index < -0.39 is 12.1 Å². The van der Waals surface area contributed by atoms with Crippen LogP contribution in [0.15, 0.2) is 0 Å². The average molecular weight is 156 g/mol. The van der Waals surface area contributed by atoms with Crippen LogP contribution in [-0.4, -0.2) is 18.7 Å². The first-order valence-corrected chi connectivity index (χ1v) is 2.51. The molecule has 0 heterocycles. The third-order valence-corrected chi connectivity index (χ3v) is 0.619. The van der Waals surface area contributed by atoms with Crippen molar-refractivity contribution >= 4 is 5.97 Å². The average Bonchev–Trinajstić information content (AvgIpc) is 1.67. The zero-order valence-electron chi connectivity index (χ0n) is 6.01. The van der Waals surface area contributed by atoms with Gasteiger partial charge < -0.3 is 9.84 Å². The van der Waals surface area contributed by atoms with Crippen LogP contribution in [0.25, 0.3) is 0 Å². The van der Waals surface area contributed by atoms with E-state index in [1.807, 2.05) is 0 Å². The molecule has 0 aromatic rings. The van der Waals surface area contributed by atoms with E-state index in [1.165, 1.54) is 6.92 Å². The zero-order valence-corrected chi connectivity index (χ0v) is 9.13. The first-order valence-electron chi connectivity index (χ1n) is 2.51. The summed E-state index contributed by atoms with van der Waals surface area (Å²) in [6, 6.07) is 0. The summed E-state index contributed by atoms with van der Waals surface area (Å²) in [5.74, 6) is -0.674. The van der Waals surface area contributed by atoms with Crippen LogP contribution in [0.5, 0.6) is 0 Å². The number of esters is 1. The van der Waals surface area contributed by atoms with Crippen molar-refractivity contribution in [1.29, 1.82) is 0 Å². The van der Waals surface area contributed by atoms with Crippen molar-refractivity contribution in [2.75, 3.05) is 6.61 Å². The number of rotatable bonds is 2. The predicted molar refractivity (Wildman–Crippen MR) is 26.1 cm³/mol. The monoisotopic (exact) mass is 156 g/mol. The number of carbonyl (C=O) groups excluding carboxylic acids is 1. The van der Waals surface area contributed by atoms with Crippen LogP contribution in [0.2, 0.25) is 0 Å². The van der Waals surface area contributed by atoms with E-state index >= 15 is 0 Å². The second-order valence-electron chi connectivity index (χ2n) is 1.39. The Hall–Kier alpha value is 1.07. The van der Waals surface area contributed by atoms with Gasteiger partial charge in [0, 0.05) is 0 Å². The van der Waals surface area contributed by atoms with Gasteiger partial charge in [-0.05, 0) is 13.0 Å². The molecule has 0 aliphatic carbocycles. The van der Waals surface area contributed by atoms with E-state index in [0.717, 1.165) is 0 Å². The standard InChI is InChI=1S/C5H9O3.K/c1-3-8-5(7)4(2)6;/h4H,3H2,1-2H3;/q-1;+1. The van der Waals surface area contributed by atoms with Gasteiger partial charge in [-0.15, -0.1) is 0 Å². The first-order chi connectivity index (χ1) is 3.68. The van der Waals surface area contributed by atoms with Gasteiger partial charge in [-0.2, -0.15) is 0 Å². The summed E-state index contributed by atoms with van der Waals surface area (Å²) in [6.45, 7) is 3.21. The van der Waals surface area contributed by atoms with Crippen LogP contribution in [-0.2, 0) is 9.53 Å². The van der Waals surface area contributed by atoms with Crippen molar-refractivity contribution in [1.82, 2.24) is 0 Å². The molecule has 3 nitrogen and oxygen atoms in total. The minimum absolute atomic E-state index is 0. The van der Waals surface area contributed by atoms with Gasteiger partial charge in [-0.3, -0.25) is 4.79 Å². The molecule has 48 valence electrons. The third kappa shape index (κ3) is 6.96. The van der Waals surface area contributed by atoms with Crippen molar-refractivity contribution in [3.63, 3.8) is 0 Å². The Morgan fingerprint density at radius 3 is 2.33 bits per heavy atom. The number of ether oxygens (including phenoxy) is 1. The minimum atomic E-state index is -1.24. The van der Waals surface area contributed by atoms with Crippen LogP contribution >= 0.6 is 0 Å². The Kier molecular flexibility index (Phi) is 10.1. The summed E-state index contributed by atoms with van der Waals surface area (Å²) in [4.78, 5) is 10.2. The third-order valence-electron chi connectivity index (χ3n) is 0.619. The molecule has 0 N–H and O–H groups in total. The molecule has 0 aliphatic rings. The fourth-order valence-electron chi connectivity index (χ4n) is 0.260. The fourth-order valence-corrected chi connectivity index (χ4v) is 0.260. The predicted octanol–water partition coefficient (Wildman–Crippen LogP) is -3.70. The molecular weight excluding hydrogens is 147 g/mol. The number of hydrogen-bond donors (Lipinski definition) is 0. The zero-order chi connectivity index (χ0) is 6.57. The van der Waals surface area contributed by atoms with E-state index in [9.17, 15) is 9.90 Å². The number of carbonyl (C=O) groups is 1. The van der Waals surface area contributed by atoms with Crippen LogP contribution < -0.4 is 56.5 Å². The van der Waals surface area contributed by atoms with Gasteiger partial charge in [0.25, 0.3) is 5.97 Å². The van der Waals surface area contributed by atoms with Gasteiger partial charge in [0.05, 0.1) is 6.61 Å². The van der Waals surface area contributed by atoms with Crippen LogP contribution in [0.3, 0.4) is 0 Å². The second-order valence-corrected chi connectivity index (χ2v) is 1.39. The van der Waals surface area contributed by atoms with Gasteiger partial charge >= 0.3 is 51.4 Å². The normalized spacial score (nSPS) is 11.4. The fraction of sp³-hybridized carbons (Fsp3) is 0.800. The van der Waals surface area contributed by atoms with Gasteiger partial charge in [-0.25, -0.2) is 0 Å². The molecule has 4 heteroatoms. The summed E-state index contributed by atoms with van der Waals surface area (Å²) in [7, 11) is 0. The Morgan fingerprint density at radius 2 is 2.22 bits per heavy atom. The topological polar surface area (TPSA) is 49.4 Å². The van der Waals surface area contributed by atoms with Crippen molar-refractivity contribution in [2.24, 2.45) is 0 Å². The summed E-state index contributed by atoms with van der Waals surface area (Å²) in [6.07, 6.45) is -1.24. The summed E-state index contributed by atoms with van der Waals surface area (Å²) in [5.41, 5.74) is 0.